The normalized spacial score (nSPS) is 15.2. The average Bonchev–Trinajstić information content (AvgIpc) is 2.90. The minimum absolute atomic E-state index is 0.0988. The van der Waals surface area contributed by atoms with E-state index < -0.39 is 0 Å². The minimum Gasteiger partial charge on any atom is -0.372 e. The summed E-state index contributed by atoms with van der Waals surface area (Å²) in [4.78, 5) is 0. The molecule has 2 nitrogen and oxygen atoms in total. The Balaban J connectivity index is 1.78. The van der Waals surface area contributed by atoms with Crippen LogP contribution in [-0.2, 0) is 24.4 Å². The Labute approximate surface area is 125 Å². The lowest BCUT2D eigenvalue weighted by Gasteiger charge is -2.14. The van der Waals surface area contributed by atoms with Crippen LogP contribution in [0, 0.1) is 5.82 Å². The van der Waals surface area contributed by atoms with E-state index in [4.69, 9.17) is 10.5 Å². The van der Waals surface area contributed by atoms with Gasteiger partial charge in [0.05, 0.1) is 17.7 Å². The van der Waals surface area contributed by atoms with Gasteiger partial charge in [0.25, 0.3) is 0 Å². The summed E-state index contributed by atoms with van der Waals surface area (Å²) >= 11 is 3.20. The summed E-state index contributed by atoms with van der Waals surface area (Å²) in [5, 5.41) is 0. The van der Waals surface area contributed by atoms with Crippen LogP contribution < -0.4 is 5.73 Å². The van der Waals surface area contributed by atoms with Crippen molar-refractivity contribution in [2.24, 2.45) is 5.73 Å². The van der Waals surface area contributed by atoms with Gasteiger partial charge in [0, 0.05) is 6.04 Å². The van der Waals surface area contributed by atoms with E-state index >= 15 is 0 Å². The van der Waals surface area contributed by atoms with E-state index in [-0.39, 0.29) is 11.9 Å². The van der Waals surface area contributed by atoms with Crippen LogP contribution in [0.5, 0.6) is 0 Å². The van der Waals surface area contributed by atoms with Gasteiger partial charge in [-0.25, -0.2) is 4.39 Å². The molecule has 2 aromatic rings. The van der Waals surface area contributed by atoms with E-state index in [1.54, 1.807) is 12.1 Å². The van der Waals surface area contributed by atoms with Crippen molar-refractivity contribution in [3.05, 3.63) is 68.9 Å². The maximum atomic E-state index is 13.2. The summed E-state index contributed by atoms with van der Waals surface area (Å²) in [7, 11) is 0. The molecule has 1 aliphatic rings. The fourth-order valence-corrected chi connectivity index (χ4v) is 2.89. The highest BCUT2D eigenvalue weighted by atomic mass is 79.9. The molecule has 104 valence electrons. The first-order valence-corrected chi connectivity index (χ1v) is 7.32. The topological polar surface area (TPSA) is 35.2 Å². The zero-order chi connectivity index (χ0) is 14.1. The van der Waals surface area contributed by atoms with Gasteiger partial charge in [0.1, 0.15) is 5.82 Å². The first kappa shape index (κ1) is 13.7. The second-order valence-electron chi connectivity index (χ2n) is 5.08. The SMILES string of the molecule is NC(Cc1ccc(F)c(Br)c1)c1ccc2c(c1)COC2. The Hall–Kier alpha value is -1.23. The van der Waals surface area contributed by atoms with Crippen LogP contribution in [0.2, 0.25) is 0 Å². The van der Waals surface area contributed by atoms with Gasteiger partial charge in [-0.3, -0.25) is 0 Å². The van der Waals surface area contributed by atoms with Gasteiger partial charge in [0.15, 0.2) is 0 Å². The molecule has 0 spiro atoms. The molecule has 1 aliphatic heterocycles. The van der Waals surface area contributed by atoms with Crippen molar-refractivity contribution in [1.29, 1.82) is 0 Å². The maximum Gasteiger partial charge on any atom is 0.137 e. The van der Waals surface area contributed by atoms with E-state index in [0.29, 0.717) is 24.1 Å². The number of ether oxygens (including phenoxy) is 1. The zero-order valence-corrected chi connectivity index (χ0v) is 12.5. The molecule has 1 unspecified atom stereocenters. The van der Waals surface area contributed by atoms with E-state index in [1.807, 2.05) is 0 Å². The average molecular weight is 336 g/mol. The Morgan fingerprint density at radius 1 is 1.15 bits per heavy atom. The van der Waals surface area contributed by atoms with E-state index in [9.17, 15) is 4.39 Å². The molecule has 0 aromatic heterocycles. The van der Waals surface area contributed by atoms with Crippen LogP contribution >= 0.6 is 15.9 Å². The molecule has 0 saturated heterocycles. The van der Waals surface area contributed by atoms with Crippen LogP contribution in [0.1, 0.15) is 28.3 Å². The van der Waals surface area contributed by atoms with Crippen molar-refractivity contribution >= 4 is 15.9 Å². The van der Waals surface area contributed by atoms with Gasteiger partial charge < -0.3 is 10.5 Å². The van der Waals surface area contributed by atoms with Crippen molar-refractivity contribution in [1.82, 2.24) is 0 Å². The summed E-state index contributed by atoms with van der Waals surface area (Å²) in [6.07, 6.45) is 0.679. The summed E-state index contributed by atoms with van der Waals surface area (Å²) < 4.78 is 19.1. The number of rotatable bonds is 3. The van der Waals surface area contributed by atoms with Crippen LogP contribution in [0.15, 0.2) is 40.9 Å². The smallest absolute Gasteiger partial charge is 0.137 e. The standard InChI is InChI=1S/C16H15BrFNO/c17-14-5-10(1-4-15(14)18)6-16(19)11-2-3-12-8-20-9-13(12)7-11/h1-5,7,16H,6,8-9,19H2. The number of hydrogen-bond acceptors (Lipinski definition) is 2. The number of halogens is 2. The molecule has 0 bridgehead atoms. The fraction of sp³-hybridized carbons (Fsp3) is 0.250. The quantitative estimate of drug-likeness (QED) is 0.924. The third kappa shape index (κ3) is 2.77. The molecule has 2 aromatic carbocycles. The van der Waals surface area contributed by atoms with Crippen molar-refractivity contribution < 1.29 is 9.13 Å². The Kier molecular flexibility index (Phi) is 3.87. The van der Waals surface area contributed by atoms with Crippen molar-refractivity contribution in [3.8, 4) is 0 Å². The molecule has 0 radical (unpaired) electrons. The van der Waals surface area contributed by atoms with Gasteiger partial charge >= 0.3 is 0 Å². The highest BCUT2D eigenvalue weighted by Gasteiger charge is 2.14. The first-order valence-electron chi connectivity index (χ1n) is 6.52. The number of fused-ring (bicyclic) bond motifs is 1. The molecular weight excluding hydrogens is 321 g/mol. The second-order valence-corrected chi connectivity index (χ2v) is 5.93. The summed E-state index contributed by atoms with van der Waals surface area (Å²) in [6, 6.07) is 11.2. The number of nitrogens with two attached hydrogens (primary N) is 1. The van der Waals surface area contributed by atoms with Crippen molar-refractivity contribution in [3.63, 3.8) is 0 Å². The van der Waals surface area contributed by atoms with Crippen molar-refractivity contribution in [2.75, 3.05) is 0 Å². The zero-order valence-electron chi connectivity index (χ0n) is 10.9. The minimum atomic E-state index is -0.253. The molecular formula is C16H15BrFNO. The number of benzene rings is 2. The third-order valence-electron chi connectivity index (χ3n) is 3.61. The summed E-state index contributed by atoms with van der Waals surface area (Å²) in [6.45, 7) is 1.35. The molecule has 0 fully saturated rings. The lowest BCUT2D eigenvalue weighted by atomic mass is 9.97. The number of hydrogen-bond donors (Lipinski definition) is 1. The molecule has 0 amide bonds. The van der Waals surface area contributed by atoms with E-state index in [0.717, 1.165) is 11.1 Å². The molecule has 1 heterocycles. The molecule has 2 N–H and O–H groups in total. The molecule has 0 aliphatic carbocycles. The van der Waals surface area contributed by atoms with Crippen LogP contribution in [0.4, 0.5) is 4.39 Å². The monoisotopic (exact) mass is 335 g/mol. The lowest BCUT2D eigenvalue weighted by molar-refractivity contribution is 0.134. The highest BCUT2D eigenvalue weighted by molar-refractivity contribution is 9.10. The largest absolute Gasteiger partial charge is 0.372 e. The first-order chi connectivity index (χ1) is 9.63. The molecule has 1 atom stereocenters. The maximum absolute atomic E-state index is 13.2. The molecule has 20 heavy (non-hydrogen) atoms. The summed E-state index contributed by atoms with van der Waals surface area (Å²) in [5.41, 5.74) is 10.8. The molecule has 4 heteroatoms. The van der Waals surface area contributed by atoms with Crippen LogP contribution in [0.3, 0.4) is 0 Å². The van der Waals surface area contributed by atoms with Gasteiger partial charge in [-0.2, -0.15) is 0 Å². The van der Waals surface area contributed by atoms with Crippen LogP contribution in [-0.4, -0.2) is 0 Å². The predicted octanol–water partition coefficient (Wildman–Crippen LogP) is 3.86. The Bertz CT molecular complexity index is 644. The lowest BCUT2D eigenvalue weighted by Crippen LogP contribution is -2.13. The predicted molar refractivity (Wildman–Crippen MR) is 79.7 cm³/mol. The van der Waals surface area contributed by atoms with Crippen molar-refractivity contribution in [2.45, 2.75) is 25.7 Å². The highest BCUT2D eigenvalue weighted by Crippen LogP contribution is 2.25. The van der Waals surface area contributed by atoms with E-state index in [2.05, 4.69) is 34.1 Å². The molecule has 3 rings (SSSR count). The third-order valence-corrected chi connectivity index (χ3v) is 4.22. The molecule has 0 saturated carbocycles. The second kappa shape index (κ2) is 5.64. The van der Waals surface area contributed by atoms with E-state index in [1.165, 1.54) is 17.2 Å². The Morgan fingerprint density at radius 3 is 2.75 bits per heavy atom. The summed E-state index contributed by atoms with van der Waals surface area (Å²) in [5.74, 6) is -0.253. The fourth-order valence-electron chi connectivity index (χ4n) is 2.46. The van der Waals surface area contributed by atoms with Crippen LogP contribution in [0.25, 0.3) is 0 Å². The van der Waals surface area contributed by atoms with Gasteiger partial charge in [-0.1, -0.05) is 24.3 Å². The van der Waals surface area contributed by atoms with Gasteiger partial charge in [-0.05, 0) is 56.7 Å². The van der Waals surface area contributed by atoms with Gasteiger partial charge in [0.2, 0.25) is 0 Å². The Morgan fingerprint density at radius 2 is 1.95 bits per heavy atom. The van der Waals surface area contributed by atoms with Gasteiger partial charge in [-0.15, -0.1) is 0 Å².